The number of rotatable bonds is 2. The molecule has 0 unspecified atom stereocenters. The number of hydrogen-bond acceptors (Lipinski definition) is 3. The van der Waals surface area contributed by atoms with Gasteiger partial charge in [0.1, 0.15) is 16.6 Å². The Morgan fingerprint density at radius 1 is 1.41 bits per heavy atom. The van der Waals surface area contributed by atoms with Crippen LogP contribution in [0.4, 0.5) is 5.95 Å². The number of nitrogens with zero attached hydrogens (tertiary/aromatic N) is 2. The van der Waals surface area contributed by atoms with Gasteiger partial charge >= 0.3 is 0 Å². The molecule has 4 nitrogen and oxygen atoms in total. The maximum atomic E-state index is 6.19. The maximum Gasteiger partial charge on any atom is 0.201 e. The first kappa shape index (κ1) is 11.8. The Balaban J connectivity index is 2.67. The van der Waals surface area contributed by atoms with Gasteiger partial charge in [-0.2, -0.15) is 0 Å². The number of aryl methyl sites for hydroxylation is 1. The van der Waals surface area contributed by atoms with Gasteiger partial charge in [-0.25, -0.2) is 4.98 Å². The summed E-state index contributed by atoms with van der Waals surface area (Å²) in [5.41, 5.74) is 8.34. The number of nitrogens with two attached hydrogens (primary N) is 1. The predicted molar refractivity (Wildman–Crippen MR) is 69.4 cm³/mol. The molecule has 0 aliphatic rings. The molecule has 0 saturated heterocycles. The minimum Gasteiger partial charge on any atom is -0.496 e. The lowest BCUT2D eigenvalue weighted by Crippen LogP contribution is -1.96. The number of methoxy groups -OCH3 is 1. The second-order valence-electron chi connectivity index (χ2n) is 3.87. The monoisotopic (exact) mass is 251 g/mol. The van der Waals surface area contributed by atoms with Gasteiger partial charge in [0.05, 0.1) is 7.11 Å². The SMILES string of the molecule is COc1ccc(C)cc1-c1nc(N)n(C)c1Cl. The van der Waals surface area contributed by atoms with E-state index in [4.69, 9.17) is 22.1 Å². The number of hydrogen-bond donors (Lipinski definition) is 1. The number of nitrogen functional groups attached to an aromatic ring is 1. The molecule has 2 N–H and O–H groups in total. The Morgan fingerprint density at radius 2 is 2.12 bits per heavy atom. The summed E-state index contributed by atoms with van der Waals surface area (Å²) in [4.78, 5) is 4.26. The average Bonchev–Trinajstić information content (AvgIpc) is 2.57. The van der Waals surface area contributed by atoms with Crippen LogP contribution < -0.4 is 10.5 Å². The Morgan fingerprint density at radius 3 is 2.65 bits per heavy atom. The van der Waals surface area contributed by atoms with Crippen LogP contribution in [0.5, 0.6) is 5.75 Å². The molecule has 0 atom stereocenters. The third kappa shape index (κ3) is 1.96. The Hall–Kier alpha value is -1.68. The topological polar surface area (TPSA) is 53.1 Å². The molecule has 1 heterocycles. The quantitative estimate of drug-likeness (QED) is 0.893. The van der Waals surface area contributed by atoms with Crippen molar-refractivity contribution in [2.75, 3.05) is 12.8 Å². The van der Waals surface area contributed by atoms with Crippen LogP contribution in [0.1, 0.15) is 5.56 Å². The van der Waals surface area contributed by atoms with Crippen molar-refractivity contribution in [1.82, 2.24) is 9.55 Å². The molecular weight excluding hydrogens is 238 g/mol. The van der Waals surface area contributed by atoms with E-state index < -0.39 is 0 Å². The lowest BCUT2D eigenvalue weighted by atomic mass is 10.1. The van der Waals surface area contributed by atoms with Crippen molar-refractivity contribution >= 4 is 17.5 Å². The van der Waals surface area contributed by atoms with E-state index in [1.165, 1.54) is 0 Å². The molecule has 0 aliphatic carbocycles. The van der Waals surface area contributed by atoms with Crippen LogP contribution in [-0.4, -0.2) is 16.7 Å². The van der Waals surface area contributed by atoms with Gasteiger partial charge in [-0.15, -0.1) is 0 Å². The summed E-state index contributed by atoms with van der Waals surface area (Å²) < 4.78 is 6.95. The van der Waals surface area contributed by atoms with Crippen molar-refractivity contribution in [3.63, 3.8) is 0 Å². The molecule has 2 aromatic rings. The molecule has 0 spiro atoms. The lowest BCUT2D eigenvalue weighted by molar-refractivity contribution is 0.416. The second kappa shape index (κ2) is 4.30. The minimum absolute atomic E-state index is 0.383. The predicted octanol–water partition coefficient (Wildman–Crippen LogP) is 2.64. The van der Waals surface area contributed by atoms with Crippen molar-refractivity contribution in [1.29, 1.82) is 0 Å². The zero-order valence-electron chi connectivity index (χ0n) is 9.99. The second-order valence-corrected chi connectivity index (χ2v) is 4.23. The van der Waals surface area contributed by atoms with Crippen LogP contribution in [-0.2, 0) is 7.05 Å². The highest BCUT2D eigenvalue weighted by Crippen LogP contribution is 2.35. The summed E-state index contributed by atoms with van der Waals surface area (Å²) in [7, 11) is 3.39. The summed E-state index contributed by atoms with van der Waals surface area (Å²) in [6, 6.07) is 5.85. The van der Waals surface area contributed by atoms with Crippen LogP contribution in [0.2, 0.25) is 5.15 Å². The maximum absolute atomic E-state index is 6.19. The van der Waals surface area contributed by atoms with Crippen LogP contribution in [0, 0.1) is 6.92 Å². The number of ether oxygens (including phenoxy) is 1. The van der Waals surface area contributed by atoms with E-state index >= 15 is 0 Å². The van der Waals surface area contributed by atoms with Gasteiger partial charge in [-0.1, -0.05) is 23.2 Å². The fraction of sp³-hybridized carbons (Fsp3) is 0.250. The summed E-state index contributed by atoms with van der Waals surface area (Å²) >= 11 is 6.19. The van der Waals surface area contributed by atoms with Gasteiger partial charge in [-0.05, 0) is 19.1 Å². The van der Waals surface area contributed by atoms with Crippen LogP contribution in [0.15, 0.2) is 18.2 Å². The molecule has 0 fully saturated rings. The highest BCUT2D eigenvalue weighted by atomic mass is 35.5. The van der Waals surface area contributed by atoms with Gasteiger partial charge in [-0.3, -0.25) is 0 Å². The fourth-order valence-corrected chi connectivity index (χ4v) is 1.90. The Kier molecular flexibility index (Phi) is 2.98. The number of benzene rings is 1. The summed E-state index contributed by atoms with van der Waals surface area (Å²) in [6.45, 7) is 2.00. The molecular formula is C12H14ClN3O. The smallest absolute Gasteiger partial charge is 0.201 e. The van der Waals surface area contributed by atoms with Gasteiger partial charge < -0.3 is 15.0 Å². The molecule has 0 radical (unpaired) electrons. The van der Waals surface area contributed by atoms with E-state index in [9.17, 15) is 0 Å². The lowest BCUT2D eigenvalue weighted by Gasteiger charge is -2.07. The Bertz CT molecular complexity index is 563. The van der Waals surface area contributed by atoms with E-state index in [1.807, 2.05) is 25.1 Å². The van der Waals surface area contributed by atoms with Gasteiger partial charge in [0.25, 0.3) is 0 Å². The molecule has 17 heavy (non-hydrogen) atoms. The van der Waals surface area contributed by atoms with E-state index in [-0.39, 0.29) is 0 Å². The molecule has 0 amide bonds. The van der Waals surface area contributed by atoms with E-state index in [0.717, 1.165) is 16.9 Å². The fourth-order valence-electron chi connectivity index (χ4n) is 1.67. The molecule has 1 aromatic carbocycles. The van der Waals surface area contributed by atoms with E-state index in [1.54, 1.807) is 18.7 Å². The highest BCUT2D eigenvalue weighted by Gasteiger charge is 2.16. The van der Waals surface area contributed by atoms with Gasteiger partial charge in [0.2, 0.25) is 5.95 Å². The third-order valence-corrected chi connectivity index (χ3v) is 3.10. The van der Waals surface area contributed by atoms with Crippen LogP contribution in [0.25, 0.3) is 11.3 Å². The Labute approximate surface area is 105 Å². The van der Waals surface area contributed by atoms with Crippen molar-refractivity contribution < 1.29 is 4.74 Å². The minimum atomic E-state index is 0.383. The molecule has 0 saturated carbocycles. The van der Waals surface area contributed by atoms with Crippen LogP contribution >= 0.6 is 11.6 Å². The first-order valence-electron chi connectivity index (χ1n) is 5.17. The zero-order chi connectivity index (χ0) is 12.6. The van der Waals surface area contributed by atoms with Crippen molar-refractivity contribution in [2.24, 2.45) is 7.05 Å². The van der Waals surface area contributed by atoms with Crippen molar-refractivity contribution in [3.05, 3.63) is 28.9 Å². The molecule has 0 bridgehead atoms. The number of halogens is 1. The third-order valence-electron chi connectivity index (χ3n) is 2.67. The number of imidazole rings is 1. The highest BCUT2D eigenvalue weighted by molar-refractivity contribution is 6.32. The van der Waals surface area contributed by atoms with Crippen molar-refractivity contribution in [3.8, 4) is 17.0 Å². The van der Waals surface area contributed by atoms with Gasteiger partial charge in [0.15, 0.2) is 0 Å². The number of aromatic nitrogens is 2. The summed E-state index contributed by atoms with van der Waals surface area (Å²) in [5, 5.41) is 0.506. The standard InChI is InChI=1S/C12H14ClN3O/c1-7-4-5-9(17-3)8(6-7)10-11(13)16(2)12(14)15-10/h4-6H,1-3H3,(H2,14,15). The molecule has 2 rings (SSSR count). The zero-order valence-corrected chi connectivity index (χ0v) is 10.7. The molecule has 90 valence electrons. The van der Waals surface area contributed by atoms with Crippen molar-refractivity contribution in [2.45, 2.75) is 6.92 Å². The average molecular weight is 252 g/mol. The molecule has 5 heteroatoms. The van der Waals surface area contributed by atoms with Crippen LogP contribution in [0.3, 0.4) is 0 Å². The molecule has 0 aliphatic heterocycles. The van der Waals surface area contributed by atoms with Gasteiger partial charge in [0, 0.05) is 12.6 Å². The normalized spacial score (nSPS) is 10.6. The first-order valence-corrected chi connectivity index (χ1v) is 5.55. The summed E-state index contributed by atoms with van der Waals surface area (Å²) in [6.07, 6.45) is 0. The largest absolute Gasteiger partial charge is 0.496 e. The summed E-state index contributed by atoms with van der Waals surface area (Å²) in [5.74, 6) is 1.11. The van der Waals surface area contributed by atoms with E-state index in [2.05, 4.69) is 4.98 Å². The number of anilines is 1. The molecule has 1 aromatic heterocycles. The first-order chi connectivity index (χ1) is 8.04. The van der Waals surface area contributed by atoms with E-state index in [0.29, 0.717) is 16.8 Å².